The molecule has 0 aromatic heterocycles. The molecule has 1 aliphatic carbocycles. The first-order valence-corrected chi connectivity index (χ1v) is 8.94. The van der Waals surface area contributed by atoms with Crippen molar-refractivity contribution in [3.8, 4) is 0 Å². The van der Waals surface area contributed by atoms with Crippen molar-refractivity contribution >= 4 is 29.5 Å². The second-order valence-corrected chi connectivity index (χ2v) is 6.54. The lowest BCUT2D eigenvalue weighted by atomic mass is 9.89. The van der Waals surface area contributed by atoms with Crippen LogP contribution in [0.15, 0.2) is 12.2 Å². The summed E-state index contributed by atoms with van der Waals surface area (Å²) in [7, 11) is 1.30. The van der Waals surface area contributed by atoms with Gasteiger partial charge in [-0.15, -0.1) is 0 Å². The van der Waals surface area contributed by atoms with E-state index in [2.05, 4.69) is 4.74 Å². The minimum absolute atomic E-state index is 0.0200. The summed E-state index contributed by atoms with van der Waals surface area (Å²) in [5.74, 6) is -3.30. The number of carbonyl (C=O) groups is 5. The van der Waals surface area contributed by atoms with E-state index in [0.717, 1.165) is 0 Å². The third-order valence-corrected chi connectivity index (χ3v) is 4.48. The number of Topliss-reactive ketones (excluding diaryl/α,β-unsaturated/α-hetero) is 1. The van der Waals surface area contributed by atoms with Crippen molar-refractivity contribution in [3.63, 3.8) is 0 Å². The summed E-state index contributed by atoms with van der Waals surface area (Å²) < 4.78 is 9.70. The molecule has 0 heterocycles. The molecule has 0 bridgehead atoms. The van der Waals surface area contributed by atoms with Gasteiger partial charge in [0, 0.05) is 44.4 Å². The fourth-order valence-corrected chi connectivity index (χ4v) is 3.16. The van der Waals surface area contributed by atoms with E-state index in [1.807, 2.05) is 0 Å². The van der Waals surface area contributed by atoms with Gasteiger partial charge >= 0.3 is 17.9 Å². The molecule has 1 rings (SSSR count). The zero-order chi connectivity index (χ0) is 20.4. The normalized spacial score (nSPS) is 22.0. The molecule has 1 aliphatic rings. The third kappa shape index (κ3) is 8.15. The number of carboxylic acids is 1. The number of hydrogen-bond donors (Lipinski definition) is 1. The molecule has 3 unspecified atom stereocenters. The monoisotopic (exact) mass is 382 g/mol. The van der Waals surface area contributed by atoms with Crippen LogP contribution in [0, 0.1) is 11.8 Å². The molecule has 0 aromatic rings. The molecule has 0 aliphatic heterocycles. The Balaban J connectivity index is 2.67. The van der Waals surface area contributed by atoms with Crippen LogP contribution in [0.25, 0.3) is 0 Å². The van der Waals surface area contributed by atoms with Gasteiger partial charge in [-0.3, -0.25) is 24.0 Å². The number of ketones is 2. The average Bonchev–Trinajstić information content (AvgIpc) is 2.88. The van der Waals surface area contributed by atoms with Gasteiger partial charge in [-0.05, 0) is 25.3 Å². The summed E-state index contributed by atoms with van der Waals surface area (Å²) in [5, 5.41) is 8.85. The second-order valence-electron chi connectivity index (χ2n) is 6.54. The molecule has 0 spiro atoms. The fourth-order valence-electron chi connectivity index (χ4n) is 3.16. The molecule has 1 fully saturated rings. The highest BCUT2D eigenvalue weighted by atomic mass is 16.5. The van der Waals surface area contributed by atoms with Gasteiger partial charge in [-0.25, -0.2) is 0 Å². The first kappa shape index (κ1) is 22.5. The second kappa shape index (κ2) is 11.3. The van der Waals surface area contributed by atoms with E-state index in [4.69, 9.17) is 9.84 Å². The highest BCUT2D eigenvalue weighted by Crippen LogP contribution is 2.35. The Labute approximate surface area is 157 Å². The predicted molar refractivity (Wildman–Crippen MR) is 93.7 cm³/mol. The molecule has 0 radical (unpaired) electrons. The van der Waals surface area contributed by atoms with Crippen molar-refractivity contribution in [1.82, 2.24) is 0 Å². The van der Waals surface area contributed by atoms with Crippen LogP contribution in [-0.2, 0) is 33.4 Å². The summed E-state index contributed by atoms with van der Waals surface area (Å²) in [5.41, 5.74) is 0. The maximum Gasteiger partial charge on any atom is 0.305 e. The molecule has 8 heteroatoms. The Morgan fingerprint density at radius 1 is 1.15 bits per heavy atom. The number of methoxy groups -OCH3 is 1. The van der Waals surface area contributed by atoms with Crippen LogP contribution in [0.1, 0.15) is 51.9 Å². The zero-order valence-electron chi connectivity index (χ0n) is 15.6. The SMILES string of the molecule is COC(=O)CCCCC(=O)C=CC1C(OC(C)=O)CC(=O)C1CCC(=O)O. The molecule has 3 atom stereocenters. The van der Waals surface area contributed by atoms with Crippen molar-refractivity contribution in [2.45, 2.75) is 58.0 Å². The minimum atomic E-state index is -1.01. The first-order valence-electron chi connectivity index (χ1n) is 8.94. The smallest absolute Gasteiger partial charge is 0.305 e. The van der Waals surface area contributed by atoms with Gasteiger partial charge in [0.05, 0.1) is 7.11 Å². The molecular weight excluding hydrogens is 356 g/mol. The highest BCUT2D eigenvalue weighted by molar-refractivity contribution is 5.90. The summed E-state index contributed by atoms with van der Waals surface area (Å²) in [6, 6.07) is 0. The van der Waals surface area contributed by atoms with Crippen LogP contribution in [0.4, 0.5) is 0 Å². The van der Waals surface area contributed by atoms with Gasteiger partial charge < -0.3 is 14.6 Å². The van der Waals surface area contributed by atoms with Gasteiger partial charge in [0.1, 0.15) is 11.9 Å². The molecule has 27 heavy (non-hydrogen) atoms. The minimum Gasteiger partial charge on any atom is -0.481 e. The van der Waals surface area contributed by atoms with Crippen LogP contribution >= 0.6 is 0 Å². The van der Waals surface area contributed by atoms with E-state index in [-0.39, 0.29) is 49.6 Å². The Morgan fingerprint density at radius 2 is 1.81 bits per heavy atom. The summed E-state index contributed by atoms with van der Waals surface area (Å²) in [6.45, 7) is 1.24. The lowest BCUT2D eigenvalue weighted by molar-refractivity contribution is -0.147. The molecular formula is C19H26O8. The van der Waals surface area contributed by atoms with Crippen molar-refractivity contribution in [1.29, 1.82) is 0 Å². The van der Waals surface area contributed by atoms with Gasteiger partial charge in [-0.2, -0.15) is 0 Å². The number of ether oxygens (including phenoxy) is 2. The van der Waals surface area contributed by atoms with Crippen LogP contribution < -0.4 is 0 Å². The standard InChI is InChI=1S/C19H26O8/c1-12(20)27-17-11-16(22)14(9-10-18(23)24)15(17)8-7-13(21)5-3-4-6-19(25)26-2/h7-8,14-15,17H,3-6,9-11H2,1-2H3,(H,23,24). The Morgan fingerprint density at radius 3 is 2.41 bits per heavy atom. The Kier molecular flexibility index (Phi) is 9.39. The molecule has 0 amide bonds. The Hall–Kier alpha value is -2.51. The molecule has 0 saturated heterocycles. The first-order chi connectivity index (χ1) is 12.7. The lowest BCUT2D eigenvalue weighted by Gasteiger charge is -2.20. The van der Waals surface area contributed by atoms with E-state index < -0.39 is 29.9 Å². The van der Waals surface area contributed by atoms with Gasteiger partial charge in [0.25, 0.3) is 0 Å². The third-order valence-electron chi connectivity index (χ3n) is 4.48. The number of allylic oxidation sites excluding steroid dienone is 1. The maximum atomic E-state index is 12.2. The molecule has 150 valence electrons. The van der Waals surface area contributed by atoms with Crippen LogP contribution in [0.3, 0.4) is 0 Å². The van der Waals surface area contributed by atoms with Crippen LogP contribution in [0.2, 0.25) is 0 Å². The number of rotatable bonds is 11. The van der Waals surface area contributed by atoms with Gasteiger partial charge in [-0.1, -0.05) is 6.08 Å². The van der Waals surface area contributed by atoms with E-state index in [0.29, 0.717) is 12.8 Å². The van der Waals surface area contributed by atoms with Crippen molar-refractivity contribution < 1.29 is 38.6 Å². The number of aliphatic carboxylic acids is 1. The number of esters is 2. The van der Waals surface area contributed by atoms with Crippen molar-refractivity contribution in [2.24, 2.45) is 11.8 Å². The Bertz CT molecular complexity index is 607. The van der Waals surface area contributed by atoms with Crippen LogP contribution in [0.5, 0.6) is 0 Å². The molecule has 8 nitrogen and oxygen atoms in total. The summed E-state index contributed by atoms with van der Waals surface area (Å²) in [4.78, 5) is 57.3. The highest BCUT2D eigenvalue weighted by Gasteiger charge is 2.42. The number of carbonyl (C=O) groups excluding carboxylic acids is 4. The lowest BCUT2D eigenvalue weighted by Crippen LogP contribution is -2.24. The van der Waals surface area contributed by atoms with Crippen molar-refractivity contribution in [2.75, 3.05) is 7.11 Å². The molecule has 0 aromatic carbocycles. The van der Waals surface area contributed by atoms with E-state index in [9.17, 15) is 24.0 Å². The molecule has 1 saturated carbocycles. The van der Waals surface area contributed by atoms with E-state index >= 15 is 0 Å². The topological polar surface area (TPSA) is 124 Å². The van der Waals surface area contributed by atoms with E-state index in [1.54, 1.807) is 6.08 Å². The molecule has 1 N–H and O–H groups in total. The number of hydrogen-bond acceptors (Lipinski definition) is 7. The predicted octanol–water partition coefficient (Wildman–Crippen LogP) is 1.85. The summed E-state index contributed by atoms with van der Waals surface area (Å²) in [6.07, 6.45) is 3.75. The number of carboxylic acid groups (broad SMARTS) is 1. The maximum absolute atomic E-state index is 12.2. The largest absolute Gasteiger partial charge is 0.481 e. The van der Waals surface area contributed by atoms with Crippen LogP contribution in [-0.4, -0.2) is 47.8 Å². The fraction of sp³-hybridized carbons (Fsp3) is 0.632. The van der Waals surface area contributed by atoms with Crippen molar-refractivity contribution in [3.05, 3.63) is 12.2 Å². The van der Waals surface area contributed by atoms with Gasteiger partial charge in [0.2, 0.25) is 0 Å². The van der Waals surface area contributed by atoms with Gasteiger partial charge in [0.15, 0.2) is 5.78 Å². The quantitative estimate of drug-likeness (QED) is 0.326. The number of unbranched alkanes of at least 4 members (excludes halogenated alkanes) is 1. The summed E-state index contributed by atoms with van der Waals surface area (Å²) >= 11 is 0. The zero-order valence-corrected chi connectivity index (χ0v) is 15.6. The van der Waals surface area contributed by atoms with E-state index in [1.165, 1.54) is 20.1 Å². The average molecular weight is 382 g/mol.